The van der Waals surface area contributed by atoms with Gasteiger partial charge in [-0.15, -0.1) is 0 Å². The Morgan fingerprint density at radius 1 is 0.358 bits per heavy atom. The van der Waals surface area contributed by atoms with Gasteiger partial charge in [-0.3, -0.25) is 19.2 Å². The lowest BCUT2D eigenvalue weighted by atomic mass is 9.79. The van der Waals surface area contributed by atoms with E-state index in [2.05, 4.69) is 13.8 Å². The molecule has 0 N–H and O–H groups in total. The maximum atomic E-state index is 12.9. The monoisotopic (exact) mass is 749 g/mol. The summed E-state index contributed by atoms with van der Waals surface area (Å²) in [6, 6.07) is 0. The smallest absolute Gasteiger partial charge is 0.309 e. The molecule has 10 nitrogen and oxygen atoms in total. The molecule has 0 radical (unpaired) electrons. The third kappa shape index (κ3) is 16.2. The zero-order chi connectivity index (χ0) is 37.7. The van der Waals surface area contributed by atoms with Crippen LogP contribution in [0, 0.1) is 23.7 Å². The third-order valence-corrected chi connectivity index (χ3v) is 11.8. The number of hydrogen-bond donors (Lipinski definition) is 0. The number of carbonyl (C=O) groups excluding carboxylic acids is 4. The van der Waals surface area contributed by atoms with Crippen LogP contribution < -0.4 is 0 Å². The lowest BCUT2D eigenvalue weighted by Gasteiger charge is -2.26. The maximum Gasteiger partial charge on any atom is 0.309 e. The Morgan fingerprint density at radius 3 is 0.792 bits per heavy atom. The second kappa shape index (κ2) is 25.1. The average molecular weight is 749 g/mol. The number of esters is 4. The lowest BCUT2D eigenvalue weighted by Crippen LogP contribution is -2.37. The molecule has 0 aromatic rings. The normalized spacial score (nSPS) is 26.9. The van der Waals surface area contributed by atoms with Crippen molar-refractivity contribution in [3.8, 4) is 0 Å². The van der Waals surface area contributed by atoms with Crippen LogP contribution in [0.5, 0.6) is 0 Å². The van der Waals surface area contributed by atoms with Crippen molar-refractivity contribution in [3.63, 3.8) is 0 Å². The molecule has 2 heterocycles. The van der Waals surface area contributed by atoms with Crippen molar-refractivity contribution in [1.82, 2.24) is 0 Å². The number of rotatable bonds is 30. The van der Waals surface area contributed by atoms with E-state index in [9.17, 15) is 19.2 Å². The van der Waals surface area contributed by atoms with Crippen LogP contribution in [0.15, 0.2) is 0 Å². The van der Waals surface area contributed by atoms with Crippen LogP contribution in [-0.4, -0.2) is 74.7 Å². The topological polar surface area (TPSA) is 130 Å². The number of epoxide rings is 2. The van der Waals surface area contributed by atoms with Crippen molar-refractivity contribution in [3.05, 3.63) is 0 Å². The fraction of sp³-hybridized carbons (Fsp3) is 0.907. The van der Waals surface area contributed by atoms with Crippen LogP contribution in [0.3, 0.4) is 0 Å². The molecule has 8 atom stereocenters. The fourth-order valence-corrected chi connectivity index (χ4v) is 8.21. The average Bonchev–Trinajstić information content (AvgIpc) is 4.10. The molecule has 2 aliphatic carbocycles. The van der Waals surface area contributed by atoms with Crippen LogP contribution in [0.1, 0.15) is 174 Å². The third-order valence-electron chi connectivity index (χ3n) is 11.8. The van der Waals surface area contributed by atoms with Crippen LogP contribution >= 0.6 is 0 Å². The van der Waals surface area contributed by atoms with Gasteiger partial charge < -0.3 is 28.4 Å². The quantitative estimate of drug-likeness (QED) is 0.0304. The van der Waals surface area contributed by atoms with Crippen molar-refractivity contribution >= 4 is 23.9 Å². The van der Waals surface area contributed by atoms with Gasteiger partial charge in [-0.2, -0.15) is 0 Å². The highest BCUT2D eigenvalue weighted by atomic mass is 16.6. The van der Waals surface area contributed by atoms with Gasteiger partial charge in [0.2, 0.25) is 0 Å². The zero-order valence-corrected chi connectivity index (χ0v) is 33.2. The van der Waals surface area contributed by atoms with E-state index in [1.165, 1.54) is 44.9 Å². The van der Waals surface area contributed by atoms with Gasteiger partial charge in [-0.25, -0.2) is 0 Å². The molecule has 0 aromatic heterocycles. The minimum absolute atomic E-state index is 0.0947. The van der Waals surface area contributed by atoms with E-state index in [-0.39, 0.29) is 48.3 Å². The first-order valence-corrected chi connectivity index (χ1v) is 21.9. The number of hydrogen-bond acceptors (Lipinski definition) is 10. The first-order valence-electron chi connectivity index (χ1n) is 21.9. The van der Waals surface area contributed by atoms with Crippen LogP contribution in [0.4, 0.5) is 0 Å². The number of fused-ring (bicyclic) bond motifs is 2. The van der Waals surface area contributed by atoms with Crippen molar-refractivity contribution in [2.45, 2.75) is 199 Å². The molecule has 304 valence electrons. The van der Waals surface area contributed by atoms with E-state index in [4.69, 9.17) is 28.4 Å². The number of unbranched alkanes of at least 4 members (excludes halogenated alkanes) is 18. The van der Waals surface area contributed by atoms with Crippen molar-refractivity contribution in [2.75, 3.05) is 26.4 Å². The molecule has 10 heteroatoms. The summed E-state index contributed by atoms with van der Waals surface area (Å²) >= 11 is 0. The van der Waals surface area contributed by atoms with E-state index < -0.39 is 23.7 Å². The van der Waals surface area contributed by atoms with E-state index in [0.29, 0.717) is 52.1 Å². The molecule has 0 bridgehead atoms. The highest BCUT2D eigenvalue weighted by Gasteiger charge is 2.54. The molecule has 4 rings (SSSR count). The van der Waals surface area contributed by atoms with E-state index in [0.717, 1.165) is 89.9 Å². The largest absolute Gasteiger partial charge is 0.465 e. The van der Waals surface area contributed by atoms with E-state index in [1.54, 1.807) is 0 Å². The van der Waals surface area contributed by atoms with Crippen molar-refractivity contribution in [1.29, 1.82) is 0 Å². The highest BCUT2D eigenvalue weighted by molar-refractivity contribution is 5.83. The SMILES string of the molecule is CCCCCCOC(=O)C1CC2OC2CC1C(=O)OCCCCCCCCCCCCCCCOC(=O)C1CC2OC2CC1C(=O)OCCCCCC. The molecule has 0 spiro atoms. The van der Waals surface area contributed by atoms with Gasteiger partial charge in [0.05, 0.1) is 74.5 Å². The van der Waals surface area contributed by atoms with Gasteiger partial charge >= 0.3 is 23.9 Å². The first-order chi connectivity index (χ1) is 25.9. The molecule has 53 heavy (non-hydrogen) atoms. The minimum Gasteiger partial charge on any atom is -0.465 e. The number of carbonyl (C=O) groups is 4. The van der Waals surface area contributed by atoms with Gasteiger partial charge in [-0.1, -0.05) is 123 Å². The van der Waals surface area contributed by atoms with Crippen molar-refractivity contribution in [2.24, 2.45) is 23.7 Å². The zero-order valence-electron chi connectivity index (χ0n) is 33.2. The summed E-state index contributed by atoms with van der Waals surface area (Å²) in [6.07, 6.45) is 25.8. The summed E-state index contributed by atoms with van der Waals surface area (Å²) in [7, 11) is 0. The Morgan fingerprint density at radius 2 is 0.566 bits per heavy atom. The van der Waals surface area contributed by atoms with Gasteiger partial charge in [0, 0.05) is 0 Å². The molecule has 0 amide bonds. The Hall–Kier alpha value is -2.20. The Balaban J connectivity index is 0.919. The molecule has 2 saturated carbocycles. The summed E-state index contributed by atoms with van der Waals surface area (Å²) in [5.74, 6) is -2.84. The standard InChI is InChI=1S/C43H72O10/c1-3-5-7-20-24-48-40(44)32-28-36-38(52-36)30-34(32)42(46)50-26-22-18-16-14-12-10-9-11-13-15-17-19-23-27-51-43(47)35-31-39-37(53-39)29-33(35)41(45)49-25-21-8-6-4-2/h32-39H,3-31H2,1-2H3. The Kier molecular flexibility index (Phi) is 20.6. The molecule has 0 aromatic carbocycles. The highest BCUT2D eigenvalue weighted by Crippen LogP contribution is 2.45. The van der Waals surface area contributed by atoms with Crippen LogP contribution in [-0.2, 0) is 47.6 Å². The Bertz CT molecular complexity index is 997. The molecule has 2 aliphatic heterocycles. The number of ether oxygens (including phenoxy) is 6. The van der Waals surface area contributed by atoms with Crippen LogP contribution in [0.2, 0.25) is 0 Å². The summed E-state index contributed by atoms with van der Waals surface area (Å²) < 4.78 is 33.6. The summed E-state index contributed by atoms with van der Waals surface area (Å²) in [5, 5.41) is 0. The van der Waals surface area contributed by atoms with Crippen molar-refractivity contribution < 1.29 is 47.6 Å². The molecular weight excluding hydrogens is 676 g/mol. The minimum atomic E-state index is -0.447. The van der Waals surface area contributed by atoms with Gasteiger partial charge in [0.15, 0.2) is 0 Å². The van der Waals surface area contributed by atoms with Crippen LogP contribution in [0.25, 0.3) is 0 Å². The van der Waals surface area contributed by atoms with E-state index in [1.807, 2.05) is 0 Å². The first kappa shape index (κ1) is 43.5. The second-order valence-corrected chi connectivity index (χ2v) is 16.2. The van der Waals surface area contributed by atoms with Gasteiger partial charge in [0.25, 0.3) is 0 Å². The van der Waals surface area contributed by atoms with E-state index >= 15 is 0 Å². The molecular formula is C43H72O10. The fourth-order valence-electron chi connectivity index (χ4n) is 8.21. The molecule has 4 fully saturated rings. The maximum absolute atomic E-state index is 12.9. The summed E-state index contributed by atoms with van der Waals surface area (Å²) in [6.45, 7) is 5.99. The predicted molar refractivity (Wildman–Crippen MR) is 202 cm³/mol. The lowest BCUT2D eigenvalue weighted by molar-refractivity contribution is -0.162. The Labute approximate surface area is 319 Å². The summed E-state index contributed by atoms with van der Waals surface area (Å²) in [4.78, 5) is 51.3. The molecule has 2 saturated heterocycles. The molecule has 4 aliphatic rings. The molecule has 8 unspecified atom stereocenters. The predicted octanol–water partition coefficient (Wildman–Crippen LogP) is 8.98. The second-order valence-electron chi connectivity index (χ2n) is 16.2. The van der Waals surface area contributed by atoms with Gasteiger partial charge in [0.1, 0.15) is 0 Å². The summed E-state index contributed by atoms with van der Waals surface area (Å²) in [5.41, 5.74) is 0. The van der Waals surface area contributed by atoms with Gasteiger partial charge in [-0.05, 0) is 51.4 Å².